The van der Waals surface area contributed by atoms with Crippen LogP contribution in [0.5, 0.6) is 0 Å². The van der Waals surface area contributed by atoms with Crippen LogP contribution in [0.3, 0.4) is 0 Å². The van der Waals surface area contributed by atoms with Gasteiger partial charge in [0.25, 0.3) is 11.8 Å². The highest BCUT2D eigenvalue weighted by atomic mass is 16.2. The molecule has 2 N–H and O–H groups in total. The van der Waals surface area contributed by atoms with Gasteiger partial charge in [0.2, 0.25) is 0 Å². The van der Waals surface area contributed by atoms with Crippen molar-refractivity contribution in [2.24, 2.45) is 0 Å². The summed E-state index contributed by atoms with van der Waals surface area (Å²) in [5, 5.41) is 6.15. The first-order valence-corrected chi connectivity index (χ1v) is 12.3. The highest BCUT2D eigenvalue weighted by Crippen LogP contribution is 2.32. The van der Waals surface area contributed by atoms with E-state index in [2.05, 4.69) is 25.6 Å². The van der Waals surface area contributed by atoms with Crippen molar-refractivity contribution >= 4 is 23.3 Å². The molecule has 2 amide bonds. The number of nitrogens with zero attached hydrogens (tertiary/aromatic N) is 4. The highest BCUT2D eigenvalue weighted by Gasteiger charge is 2.32. The number of nitrogens with one attached hydrogen (secondary N) is 2. The van der Waals surface area contributed by atoms with E-state index in [4.69, 9.17) is 0 Å². The minimum Gasteiger partial charge on any atom is -0.381 e. The predicted molar refractivity (Wildman–Crippen MR) is 142 cm³/mol. The van der Waals surface area contributed by atoms with Gasteiger partial charge >= 0.3 is 0 Å². The number of carbonyl (C=O) groups excluding carboxylic acids is 2. The SMILES string of the molecule is Cc1ccc(NC(=O)c2cccc(C3CCCN3C(=O)c3cccc(NCc4cccnc4)c3)n2)nc1. The fourth-order valence-corrected chi connectivity index (χ4v) is 4.44. The number of hydrogen-bond acceptors (Lipinski definition) is 6. The van der Waals surface area contributed by atoms with Gasteiger partial charge in [0.1, 0.15) is 11.5 Å². The lowest BCUT2D eigenvalue weighted by molar-refractivity contribution is 0.0733. The molecule has 1 saturated heterocycles. The van der Waals surface area contributed by atoms with Crippen molar-refractivity contribution < 1.29 is 9.59 Å². The quantitative estimate of drug-likeness (QED) is 0.376. The molecule has 0 aliphatic carbocycles. The van der Waals surface area contributed by atoms with E-state index in [0.717, 1.165) is 29.7 Å². The molecule has 1 fully saturated rings. The minimum atomic E-state index is -0.332. The smallest absolute Gasteiger partial charge is 0.275 e. The van der Waals surface area contributed by atoms with Gasteiger partial charge in [0.15, 0.2) is 0 Å². The summed E-state index contributed by atoms with van der Waals surface area (Å²) in [5.41, 5.74) is 4.56. The molecule has 5 rings (SSSR count). The number of pyridine rings is 3. The van der Waals surface area contributed by atoms with E-state index in [9.17, 15) is 9.59 Å². The number of likely N-dealkylation sites (tertiary alicyclic amines) is 1. The van der Waals surface area contributed by atoms with Gasteiger partial charge in [-0.05, 0) is 73.4 Å². The van der Waals surface area contributed by atoms with Gasteiger partial charge in [-0.2, -0.15) is 0 Å². The maximum absolute atomic E-state index is 13.5. The van der Waals surface area contributed by atoms with E-state index in [0.29, 0.717) is 35.9 Å². The molecule has 0 bridgehead atoms. The van der Waals surface area contributed by atoms with Crippen molar-refractivity contribution in [3.05, 3.63) is 113 Å². The van der Waals surface area contributed by atoms with Crippen LogP contribution in [-0.2, 0) is 6.54 Å². The molecule has 37 heavy (non-hydrogen) atoms. The van der Waals surface area contributed by atoms with Crippen molar-refractivity contribution in [3.63, 3.8) is 0 Å². The fraction of sp³-hybridized carbons (Fsp3) is 0.207. The first-order chi connectivity index (χ1) is 18.1. The Bertz CT molecular complexity index is 1390. The zero-order valence-corrected chi connectivity index (χ0v) is 20.6. The normalized spacial score (nSPS) is 14.8. The summed E-state index contributed by atoms with van der Waals surface area (Å²) in [7, 11) is 0. The number of amides is 2. The van der Waals surface area contributed by atoms with Crippen molar-refractivity contribution in [2.75, 3.05) is 17.2 Å². The minimum absolute atomic E-state index is 0.0481. The molecule has 0 saturated carbocycles. The average molecular weight is 493 g/mol. The summed E-state index contributed by atoms with van der Waals surface area (Å²) >= 11 is 0. The second kappa shape index (κ2) is 11.0. The van der Waals surface area contributed by atoms with E-state index < -0.39 is 0 Å². The Balaban J connectivity index is 1.29. The lowest BCUT2D eigenvalue weighted by Crippen LogP contribution is -2.31. The number of rotatable bonds is 7. The van der Waals surface area contributed by atoms with Crippen LogP contribution in [0.2, 0.25) is 0 Å². The van der Waals surface area contributed by atoms with Gasteiger partial charge in [-0.15, -0.1) is 0 Å². The number of anilines is 2. The van der Waals surface area contributed by atoms with Crippen molar-refractivity contribution in [1.82, 2.24) is 19.9 Å². The average Bonchev–Trinajstić information content (AvgIpc) is 3.44. The summed E-state index contributed by atoms with van der Waals surface area (Å²) in [6.07, 6.45) is 6.93. The lowest BCUT2D eigenvalue weighted by atomic mass is 10.1. The van der Waals surface area contributed by atoms with E-state index in [1.165, 1.54) is 0 Å². The third-order valence-electron chi connectivity index (χ3n) is 6.34. The van der Waals surface area contributed by atoms with Crippen LogP contribution < -0.4 is 10.6 Å². The van der Waals surface area contributed by atoms with Crippen molar-refractivity contribution in [3.8, 4) is 0 Å². The van der Waals surface area contributed by atoms with Crippen LogP contribution in [0.25, 0.3) is 0 Å². The Morgan fingerprint density at radius 1 is 1.03 bits per heavy atom. The Morgan fingerprint density at radius 2 is 1.92 bits per heavy atom. The van der Waals surface area contributed by atoms with E-state index >= 15 is 0 Å². The molecular weight excluding hydrogens is 464 g/mol. The van der Waals surface area contributed by atoms with Crippen LogP contribution in [-0.4, -0.2) is 38.2 Å². The standard InChI is InChI=1S/C29H28N6O2/c1-20-12-13-27(32-17-20)34-28(36)25-10-3-9-24(33-25)26-11-5-15-35(26)29(37)22-7-2-8-23(16-22)31-19-21-6-4-14-30-18-21/h2-4,6-10,12-14,16-18,26,31H,5,11,15,19H2,1H3,(H,32,34,36). The Kier molecular flexibility index (Phi) is 7.16. The monoisotopic (exact) mass is 492 g/mol. The maximum Gasteiger partial charge on any atom is 0.275 e. The number of carbonyl (C=O) groups is 2. The molecule has 1 aliphatic heterocycles. The molecule has 8 heteroatoms. The summed E-state index contributed by atoms with van der Waals surface area (Å²) in [6.45, 7) is 3.20. The number of aromatic nitrogens is 3. The second-order valence-electron chi connectivity index (χ2n) is 9.07. The molecule has 3 aromatic heterocycles. The number of aryl methyl sites for hydroxylation is 1. The van der Waals surface area contributed by atoms with Crippen molar-refractivity contribution in [2.45, 2.75) is 32.4 Å². The third-order valence-corrected chi connectivity index (χ3v) is 6.34. The first kappa shape index (κ1) is 24.1. The molecule has 1 unspecified atom stereocenters. The van der Waals surface area contributed by atoms with Gasteiger partial charge in [-0.3, -0.25) is 14.6 Å². The van der Waals surface area contributed by atoms with Gasteiger partial charge < -0.3 is 15.5 Å². The molecular formula is C29H28N6O2. The Hall–Kier alpha value is -4.59. The molecule has 0 radical (unpaired) electrons. The van der Waals surface area contributed by atoms with E-state index in [-0.39, 0.29) is 17.9 Å². The zero-order chi connectivity index (χ0) is 25.6. The summed E-state index contributed by atoms with van der Waals surface area (Å²) in [6, 6.07) is 20.3. The first-order valence-electron chi connectivity index (χ1n) is 12.3. The topological polar surface area (TPSA) is 100 Å². The maximum atomic E-state index is 13.5. The summed E-state index contributed by atoms with van der Waals surface area (Å²) in [4.78, 5) is 41.2. The van der Waals surface area contributed by atoms with Gasteiger partial charge in [-0.25, -0.2) is 9.97 Å². The molecule has 0 spiro atoms. The van der Waals surface area contributed by atoms with E-state index in [1.54, 1.807) is 24.5 Å². The molecule has 1 atom stereocenters. The van der Waals surface area contributed by atoms with Crippen LogP contribution in [0.1, 0.15) is 56.6 Å². The number of benzene rings is 1. The van der Waals surface area contributed by atoms with Crippen molar-refractivity contribution in [1.29, 1.82) is 0 Å². The van der Waals surface area contributed by atoms with Crippen LogP contribution in [0, 0.1) is 6.92 Å². The largest absolute Gasteiger partial charge is 0.381 e. The van der Waals surface area contributed by atoms with Crippen LogP contribution >= 0.6 is 0 Å². The lowest BCUT2D eigenvalue weighted by Gasteiger charge is -2.25. The predicted octanol–water partition coefficient (Wildman–Crippen LogP) is 5.02. The Morgan fingerprint density at radius 3 is 2.73 bits per heavy atom. The third kappa shape index (κ3) is 5.81. The molecule has 4 heterocycles. The van der Waals surface area contributed by atoms with Gasteiger partial charge in [-0.1, -0.05) is 24.3 Å². The van der Waals surface area contributed by atoms with Gasteiger partial charge in [0.05, 0.1) is 11.7 Å². The fourth-order valence-electron chi connectivity index (χ4n) is 4.44. The molecule has 1 aliphatic rings. The molecule has 4 aromatic rings. The number of hydrogen-bond donors (Lipinski definition) is 2. The molecule has 1 aromatic carbocycles. The molecule has 8 nitrogen and oxygen atoms in total. The summed E-state index contributed by atoms with van der Waals surface area (Å²) in [5.74, 6) is 0.0898. The zero-order valence-electron chi connectivity index (χ0n) is 20.6. The second-order valence-corrected chi connectivity index (χ2v) is 9.07. The molecule has 186 valence electrons. The van der Waals surface area contributed by atoms with Crippen LogP contribution in [0.15, 0.2) is 85.3 Å². The summed E-state index contributed by atoms with van der Waals surface area (Å²) < 4.78 is 0. The highest BCUT2D eigenvalue weighted by molar-refractivity contribution is 6.02. The van der Waals surface area contributed by atoms with Crippen LogP contribution in [0.4, 0.5) is 11.5 Å². The Labute approximate surface area is 215 Å². The van der Waals surface area contributed by atoms with Gasteiger partial charge in [0, 0.05) is 42.9 Å². The van der Waals surface area contributed by atoms with E-state index in [1.807, 2.05) is 72.6 Å².